The largest absolute Gasteiger partial charge is 0.386 e. The molecule has 0 heterocycles. The number of hydrogen-bond acceptors (Lipinski definition) is 2. The Labute approximate surface area is 119 Å². The third-order valence-electron chi connectivity index (χ3n) is 2.90. The van der Waals surface area contributed by atoms with E-state index in [9.17, 15) is 23.1 Å². The molecule has 1 amide bonds. The molecule has 2 aromatic carbocycles. The molecule has 1 atom stereocenters. The second-order valence-corrected chi connectivity index (χ2v) is 4.37. The number of halogens is 3. The highest BCUT2D eigenvalue weighted by Crippen LogP contribution is 2.20. The molecule has 1 unspecified atom stereocenters. The van der Waals surface area contributed by atoms with Gasteiger partial charge in [-0.2, -0.15) is 0 Å². The molecule has 0 saturated heterocycles. The van der Waals surface area contributed by atoms with Crippen LogP contribution in [0.1, 0.15) is 22.0 Å². The van der Waals surface area contributed by atoms with Gasteiger partial charge < -0.3 is 10.4 Å². The molecule has 0 bridgehead atoms. The van der Waals surface area contributed by atoms with Crippen molar-refractivity contribution in [3.8, 4) is 0 Å². The second kappa shape index (κ2) is 6.41. The second-order valence-electron chi connectivity index (χ2n) is 4.37. The van der Waals surface area contributed by atoms with E-state index in [1.165, 1.54) is 18.2 Å². The third kappa shape index (κ3) is 3.61. The molecular weight excluding hydrogens is 283 g/mol. The Kier molecular flexibility index (Phi) is 4.59. The van der Waals surface area contributed by atoms with Crippen LogP contribution in [0.3, 0.4) is 0 Å². The van der Waals surface area contributed by atoms with E-state index in [0.29, 0.717) is 0 Å². The molecule has 21 heavy (non-hydrogen) atoms. The summed E-state index contributed by atoms with van der Waals surface area (Å²) in [6, 6.07) is 7.97. The van der Waals surface area contributed by atoms with Crippen LogP contribution in [0.15, 0.2) is 42.5 Å². The van der Waals surface area contributed by atoms with Gasteiger partial charge in [-0.3, -0.25) is 4.79 Å². The Bertz CT molecular complexity index is 624. The lowest BCUT2D eigenvalue weighted by atomic mass is 10.1. The first-order valence-corrected chi connectivity index (χ1v) is 6.15. The molecule has 2 aromatic rings. The van der Waals surface area contributed by atoms with Gasteiger partial charge in [0.05, 0.1) is 5.56 Å². The first-order valence-electron chi connectivity index (χ1n) is 6.15. The molecular formula is C15H12F3NO2. The first-order chi connectivity index (χ1) is 9.99. The van der Waals surface area contributed by atoms with Gasteiger partial charge in [0.2, 0.25) is 0 Å². The van der Waals surface area contributed by atoms with E-state index >= 15 is 0 Å². The van der Waals surface area contributed by atoms with Crippen LogP contribution >= 0.6 is 0 Å². The number of carbonyl (C=O) groups excluding carboxylic acids is 1. The maximum absolute atomic E-state index is 13.4. The van der Waals surface area contributed by atoms with Crippen molar-refractivity contribution in [3.63, 3.8) is 0 Å². The number of rotatable bonds is 4. The van der Waals surface area contributed by atoms with E-state index in [1.807, 2.05) is 0 Å². The first kappa shape index (κ1) is 15.1. The van der Waals surface area contributed by atoms with Gasteiger partial charge in [-0.05, 0) is 36.4 Å². The number of benzene rings is 2. The summed E-state index contributed by atoms with van der Waals surface area (Å²) >= 11 is 0. The Balaban J connectivity index is 2.02. The maximum atomic E-state index is 13.4. The number of nitrogens with one attached hydrogen (secondary N) is 1. The Morgan fingerprint density at radius 2 is 1.62 bits per heavy atom. The van der Waals surface area contributed by atoms with Crippen LogP contribution in [0.25, 0.3) is 0 Å². The summed E-state index contributed by atoms with van der Waals surface area (Å²) in [6.07, 6.45) is -1.52. The SMILES string of the molecule is O=C(NCC(O)c1c(F)cccc1F)c1ccc(F)cc1. The quantitative estimate of drug-likeness (QED) is 0.911. The number of hydrogen-bond donors (Lipinski definition) is 2. The Morgan fingerprint density at radius 3 is 2.19 bits per heavy atom. The van der Waals surface area contributed by atoms with Crippen LogP contribution in [0, 0.1) is 17.5 Å². The molecule has 0 spiro atoms. The lowest BCUT2D eigenvalue weighted by molar-refractivity contribution is 0.0911. The summed E-state index contributed by atoms with van der Waals surface area (Å²) < 4.78 is 39.6. The van der Waals surface area contributed by atoms with Gasteiger partial charge in [0.15, 0.2) is 0 Å². The van der Waals surface area contributed by atoms with Crippen molar-refractivity contribution in [2.24, 2.45) is 0 Å². The molecule has 0 aromatic heterocycles. The van der Waals surface area contributed by atoms with Crippen LogP contribution in [-0.4, -0.2) is 17.6 Å². The summed E-state index contributed by atoms with van der Waals surface area (Å²) in [5.74, 6) is -2.84. The fourth-order valence-electron chi connectivity index (χ4n) is 1.82. The van der Waals surface area contributed by atoms with Gasteiger partial charge >= 0.3 is 0 Å². The molecule has 0 saturated carbocycles. The van der Waals surface area contributed by atoms with Crippen LogP contribution < -0.4 is 5.32 Å². The fourth-order valence-corrected chi connectivity index (χ4v) is 1.82. The normalized spacial score (nSPS) is 12.0. The number of carbonyl (C=O) groups is 1. The van der Waals surface area contributed by atoms with Crippen LogP contribution in [-0.2, 0) is 0 Å². The summed E-state index contributed by atoms with van der Waals surface area (Å²) in [5, 5.41) is 12.1. The fraction of sp³-hybridized carbons (Fsp3) is 0.133. The van der Waals surface area contributed by atoms with E-state index in [1.54, 1.807) is 0 Å². The predicted octanol–water partition coefficient (Wildman–Crippen LogP) is 2.57. The minimum absolute atomic E-state index is 0.178. The average Bonchev–Trinajstić information content (AvgIpc) is 2.45. The topological polar surface area (TPSA) is 49.3 Å². The number of aliphatic hydroxyl groups is 1. The van der Waals surface area contributed by atoms with Gasteiger partial charge in [-0.15, -0.1) is 0 Å². The van der Waals surface area contributed by atoms with Crippen LogP contribution in [0.4, 0.5) is 13.2 Å². The van der Waals surface area contributed by atoms with E-state index in [-0.39, 0.29) is 12.1 Å². The van der Waals surface area contributed by atoms with E-state index < -0.39 is 35.0 Å². The predicted molar refractivity (Wildman–Crippen MR) is 70.1 cm³/mol. The molecule has 0 aliphatic carbocycles. The smallest absolute Gasteiger partial charge is 0.251 e. The monoisotopic (exact) mass is 295 g/mol. The summed E-state index contributed by atoms with van der Waals surface area (Å²) in [7, 11) is 0. The highest BCUT2D eigenvalue weighted by Gasteiger charge is 2.18. The molecule has 2 N–H and O–H groups in total. The molecule has 2 rings (SSSR count). The van der Waals surface area contributed by atoms with E-state index in [0.717, 1.165) is 24.3 Å². The molecule has 0 aliphatic rings. The molecule has 6 heteroatoms. The molecule has 3 nitrogen and oxygen atoms in total. The lowest BCUT2D eigenvalue weighted by Crippen LogP contribution is -2.29. The summed E-state index contributed by atoms with van der Waals surface area (Å²) in [4.78, 5) is 11.7. The highest BCUT2D eigenvalue weighted by atomic mass is 19.1. The minimum Gasteiger partial charge on any atom is -0.386 e. The average molecular weight is 295 g/mol. The minimum atomic E-state index is -1.52. The lowest BCUT2D eigenvalue weighted by Gasteiger charge is -2.14. The zero-order valence-electron chi connectivity index (χ0n) is 10.8. The zero-order valence-corrected chi connectivity index (χ0v) is 10.8. The van der Waals surface area contributed by atoms with Crippen LogP contribution in [0.5, 0.6) is 0 Å². The van der Waals surface area contributed by atoms with Gasteiger partial charge in [-0.1, -0.05) is 6.07 Å². The van der Waals surface area contributed by atoms with Crippen molar-refractivity contribution in [3.05, 3.63) is 71.0 Å². The van der Waals surface area contributed by atoms with Crippen LogP contribution in [0.2, 0.25) is 0 Å². The van der Waals surface area contributed by atoms with Crippen molar-refractivity contribution in [2.45, 2.75) is 6.10 Å². The van der Waals surface area contributed by atoms with E-state index in [2.05, 4.69) is 5.32 Å². The molecule has 0 fully saturated rings. The van der Waals surface area contributed by atoms with Gasteiger partial charge in [0.1, 0.15) is 23.6 Å². The van der Waals surface area contributed by atoms with Crippen molar-refractivity contribution in [2.75, 3.05) is 6.54 Å². The van der Waals surface area contributed by atoms with E-state index in [4.69, 9.17) is 0 Å². The zero-order chi connectivity index (χ0) is 15.4. The van der Waals surface area contributed by atoms with Gasteiger partial charge in [0, 0.05) is 12.1 Å². The van der Waals surface area contributed by atoms with Gasteiger partial charge in [-0.25, -0.2) is 13.2 Å². The molecule has 110 valence electrons. The number of aliphatic hydroxyl groups excluding tert-OH is 1. The highest BCUT2D eigenvalue weighted by molar-refractivity contribution is 5.94. The van der Waals surface area contributed by atoms with Crippen molar-refractivity contribution in [1.29, 1.82) is 0 Å². The van der Waals surface area contributed by atoms with Crippen molar-refractivity contribution < 1.29 is 23.1 Å². The summed E-state index contributed by atoms with van der Waals surface area (Å²) in [5.41, 5.74) is -0.325. The standard InChI is InChI=1S/C15H12F3NO2/c16-10-6-4-9(5-7-10)15(21)19-8-13(20)14-11(17)2-1-3-12(14)18/h1-7,13,20H,8H2,(H,19,21). The Morgan fingerprint density at radius 1 is 1.05 bits per heavy atom. The van der Waals surface area contributed by atoms with Crippen molar-refractivity contribution >= 4 is 5.91 Å². The van der Waals surface area contributed by atoms with Gasteiger partial charge in [0.25, 0.3) is 5.91 Å². The molecule has 0 radical (unpaired) electrons. The summed E-state index contributed by atoms with van der Waals surface area (Å²) in [6.45, 7) is -0.367. The number of amides is 1. The van der Waals surface area contributed by atoms with Crippen molar-refractivity contribution in [1.82, 2.24) is 5.32 Å². The maximum Gasteiger partial charge on any atom is 0.251 e. The molecule has 0 aliphatic heterocycles. The third-order valence-corrected chi connectivity index (χ3v) is 2.90. The Hall–Kier alpha value is -2.34.